The van der Waals surface area contributed by atoms with Gasteiger partial charge >= 0.3 is 5.97 Å². The van der Waals surface area contributed by atoms with Crippen molar-refractivity contribution in [3.8, 4) is 0 Å². The number of nitrogens with one attached hydrogen (secondary N) is 1. The third-order valence-corrected chi connectivity index (χ3v) is 4.56. The predicted octanol–water partition coefficient (Wildman–Crippen LogP) is 1.94. The van der Waals surface area contributed by atoms with Gasteiger partial charge in [0.25, 0.3) is 5.91 Å². The monoisotopic (exact) mass is 402 g/mol. The summed E-state index contributed by atoms with van der Waals surface area (Å²) in [6.07, 6.45) is 1.41. The molecule has 3 rings (SSSR count). The van der Waals surface area contributed by atoms with Crippen LogP contribution in [0.15, 0.2) is 36.5 Å². The summed E-state index contributed by atoms with van der Waals surface area (Å²) in [6.45, 7) is 0.253. The zero-order valence-corrected chi connectivity index (χ0v) is 16.2. The minimum atomic E-state index is -0.525. The lowest BCUT2D eigenvalue weighted by atomic mass is 10.1. The number of benzene rings is 1. The van der Waals surface area contributed by atoms with Crippen LogP contribution in [0.1, 0.15) is 15.9 Å². The van der Waals surface area contributed by atoms with Crippen LogP contribution in [0.4, 0.5) is 11.5 Å². The molecule has 2 amide bonds. The Labute approximate surface area is 167 Å². The molecule has 0 aliphatic carbocycles. The molecule has 0 fully saturated rings. The van der Waals surface area contributed by atoms with Crippen molar-refractivity contribution < 1.29 is 19.1 Å². The third-order valence-electron chi connectivity index (χ3n) is 4.31. The Bertz CT molecular complexity index is 917. The molecule has 0 saturated heterocycles. The highest BCUT2D eigenvalue weighted by molar-refractivity contribution is 6.30. The van der Waals surface area contributed by atoms with Crippen LogP contribution in [0, 0.1) is 0 Å². The lowest BCUT2D eigenvalue weighted by molar-refractivity contribution is -0.141. The molecule has 0 saturated carbocycles. The number of aromatic nitrogens is 1. The average molecular weight is 403 g/mol. The van der Waals surface area contributed by atoms with Crippen molar-refractivity contribution in [2.45, 2.75) is 6.54 Å². The van der Waals surface area contributed by atoms with Crippen LogP contribution in [0.25, 0.3) is 0 Å². The second kappa shape index (κ2) is 8.26. The minimum absolute atomic E-state index is 0.114. The van der Waals surface area contributed by atoms with E-state index < -0.39 is 11.9 Å². The molecule has 146 valence electrons. The summed E-state index contributed by atoms with van der Waals surface area (Å²) in [7, 11) is 2.75. The lowest BCUT2D eigenvalue weighted by Gasteiger charge is -2.30. The molecule has 1 aromatic carbocycles. The van der Waals surface area contributed by atoms with Gasteiger partial charge in [-0.3, -0.25) is 14.4 Å². The van der Waals surface area contributed by atoms with E-state index in [4.69, 9.17) is 11.6 Å². The molecule has 1 aliphatic heterocycles. The van der Waals surface area contributed by atoms with E-state index >= 15 is 0 Å². The summed E-state index contributed by atoms with van der Waals surface area (Å²) in [6, 6.07) is 8.78. The number of amides is 2. The number of nitrogens with zero attached hydrogens (tertiary/aromatic N) is 3. The van der Waals surface area contributed by atoms with E-state index in [2.05, 4.69) is 15.0 Å². The van der Waals surface area contributed by atoms with E-state index in [1.807, 2.05) is 12.1 Å². The van der Waals surface area contributed by atoms with Crippen molar-refractivity contribution in [3.05, 3.63) is 52.7 Å². The van der Waals surface area contributed by atoms with Crippen LogP contribution < -0.4 is 10.2 Å². The molecule has 2 aromatic rings. The summed E-state index contributed by atoms with van der Waals surface area (Å²) >= 11 is 5.92. The summed E-state index contributed by atoms with van der Waals surface area (Å²) in [5.41, 5.74) is 1.66. The summed E-state index contributed by atoms with van der Waals surface area (Å²) in [4.78, 5) is 43.6. The smallest absolute Gasteiger partial charge is 0.325 e. The van der Waals surface area contributed by atoms with E-state index in [0.717, 1.165) is 5.56 Å². The van der Waals surface area contributed by atoms with Gasteiger partial charge in [-0.2, -0.15) is 0 Å². The lowest BCUT2D eigenvalue weighted by Crippen LogP contribution is -2.40. The van der Waals surface area contributed by atoms with Crippen molar-refractivity contribution in [2.75, 3.05) is 37.5 Å². The van der Waals surface area contributed by atoms with Crippen LogP contribution in [-0.4, -0.2) is 54.9 Å². The maximum atomic E-state index is 12.6. The Kier molecular flexibility index (Phi) is 5.79. The molecular weight excluding hydrogens is 384 g/mol. The van der Waals surface area contributed by atoms with Gasteiger partial charge in [-0.1, -0.05) is 23.7 Å². The van der Waals surface area contributed by atoms with Gasteiger partial charge in [-0.15, -0.1) is 0 Å². The first-order valence-corrected chi connectivity index (χ1v) is 8.88. The number of fused-ring (bicyclic) bond motifs is 1. The average Bonchev–Trinajstić information content (AvgIpc) is 2.70. The van der Waals surface area contributed by atoms with Gasteiger partial charge < -0.3 is 19.9 Å². The molecule has 0 bridgehead atoms. The van der Waals surface area contributed by atoms with Crippen molar-refractivity contribution in [3.63, 3.8) is 0 Å². The van der Waals surface area contributed by atoms with Crippen LogP contribution >= 0.6 is 11.6 Å². The highest BCUT2D eigenvalue weighted by atomic mass is 35.5. The zero-order valence-electron chi connectivity index (χ0n) is 15.4. The number of esters is 1. The largest absolute Gasteiger partial charge is 0.468 e. The van der Waals surface area contributed by atoms with Gasteiger partial charge in [0.1, 0.15) is 6.54 Å². The molecule has 1 N–H and O–H groups in total. The Morgan fingerprint density at radius 1 is 1.32 bits per heavy atom. The van der Waals surface area contributed by atoms with Gasteiger partial charge in [0, 0.05) is 18.3 Å². The normalized spacial score (nSPS) is 12.8. The number of methoxy groups -OCH3 is 1. The number of pyridine rings is 1. The Morgan fingerprint density at radius 3 is 2.71 bits per heavy atom. The van der Waals surface area contributed by atoms with E-state index in [1.165, 1.54) is 25.3 Å². The topological polar surface area (TPSA) is 91.8 Å². The first kappa shape index (κ1) is 19.6. The van der Waals surface area contributed by atoms with Crippen LogP contribution in [0.5, 0.6) is 0 Å². The first-order chi connectivity index (χ1) is 13.4. The number of hydrogen-bond donors (Lipinski definition) is 1. The van der Waals surface area contributed by atoms with Crippen LogP contribution in [-0.2, 0) is 20.9 Å². The number of anilines is 2. The zero-order chi connectivity index (χ0) is 20.3. The maximum absolute atomic E-state index is 12.6. The van der Waals surface area contributed by atoms with Gasteiger partial charge in [0.05, 0.1) is 31.5 Å². The first-order valence-electron chi connectivity index (χ1n) is 8.50. The standard InChI is InChI=1S/C19H19ClN4O4/c1-23(11-17(26)28-2)19(27)13-7-15-18(21-8-13)22-9-16(25)24(15)10-12-3-5-14(20)6-4-12/h3-8H,9-11H2,1-2H3,(H,21,22). The molecule has 28 heavy (non-hydrogen) atoms. The van der Waals surface area contributed by atoms with Gasteiger partial charge in [-0.25, -0.2) is 4.98 Å². The number of halogens is 1. The van der Waals surface area contributed by atoms with Crippen LogP contribution in [0.2, 0.25) is 5.02 Å². The molecule has 2 heterocycles. The molecule has 9 heteroatoms. The van der Waals surface area contributed by atoms with Crippen molar-refractivity contribution >= 4 is 40.9 Å². The number of ether oxygens (including phenoxy) is 1. The summed E-state index contributed by atoms with van der Waals surface area (Å²) in [5.74, 6) is -0.550. The third kappa shape index (κ3) is 4.23. The van der Waals surface area contributed by atoms with E-state index in [1.54, 1.807) is 23.1 Å². The molecule has 0 atom stereocenters. The van der Waals surface area contributed by atoms with Crippen molar-refractivity contribution in [1.82, 2.24) is 9.88 Å². The van der Waals surface area contributed by atoms with Crippen molar-refractivity contribution in [1.29, 1.82) is 0 Å². The SMILES string of the molecule is COC(=O)CN(C)C(=O)c1cnc2c(c1)N(Cc1ccc(Cl)cc1)C(=O)CN2. The number of carbonyl (C=O) groups is 3. The van der Waals surface area contributed by atoms with Crippen LogP contribution in [0.3, 0.4) is 0 Å². The maximum Gasteiger partial charge on any atom is 0.325 e. The quantitative estimate of drug-likeness (QED) is 0.768. The summed E-state index contributed by atoms with van der Waals surface area (Å²) in [5, 5.41) is 3.56. The Balaban J connectivity index is 1.88. The van der Waals surface area contributed by atoms with Gasteiger partial charge in [0.2, 0.25) is 5.91 Å². The predicted molar refractivity (Wildman–Crippen MR) is 104 cm³/mol. The fourth-order valence-corrected chi connectivity index (χ4v) is 2.92. The van der Waals surface area contributed by atoms with E-state index in [9.17, 15) is 14.4 Å². The Morgan fingerprint density at radius 2 is 2.04 bits per heavy atom. The highest BCUT2D eigenvalue weighted by Gasteiger charge is 2.27. The molecule has 8 nitrogen and oxygen atoms in total. The van der Waals surface area contributed by atoms with Crippen molar-refractivity contribution in [2.24, 2.45) is 0 Å². The molecule has 1 aromatic heterocycles. The molecule has 0 radical (unpaired) electrons. The number of hydrogen-bond acceptors (Lipinski definition) is 6. The minimum Gasteiger partial charge on any atom is -0.468 e. The highest BCUT2D eigenvalue weighted by Crippen LogP contribution is 2.30. The second-order valence-electron chi connectivity index (χ2n) is 6.29. The molecular formula is C19H19ClN4O4. The molecule has 0 unspecified atom stereocenters. The fourth-order valence-electron chi connectivity index (χ4n) is 2.80. The summed E-state index contributed by atoms with van der Waals surface area (Å²) < 4.78 is 4.58. The Hall–Kier alpha value is -3.13. The number of rotatable bonds is 5. The van der Waals surface area contributed by atoms with Gasteiger partial charge in [-0.05, 0) is 23.8 Å². The molecule has 1 aliphatic rings. The number of carbonyl (C=O) groups excluding carboxylic acids is 3. The van der Waals surface area contributed by atoms with E-state index in [0.29, 0.717) is 23.1 Å². The van der Waals surface area contributed by atoms with E-state index in [-0.39, 0.29) is 24.6 Å². The second-order valence-corrected chi connectivity index (χ2v) is 6.73. The van der Waals surface area contributed by atoms with Gasteiger partial charge in [0.15, 0.2) is 5.82 Å². The molecule has 0 spiro atoms. The number of likely N-dealkylation sites (N-methyl/N-ethyl adjacent to an activating group) is 1. The fraction of sp³-hybridized carbons (Fsp3) is 0.263.